The maximum atomic E-state index is 13.6. The largest absolute Gasteiger partial charge is 0.501 e. The van der Waals surface area contributed by atoms with Crippen LogP contribution in [0.2, 0.25) is 0 Å². The maximum absolute atomic E-state index is 13.6. The summed E-state index contributed by atoms with van der Waals surface area (Å²) in [5.74, 6) is 0.389. The first kappa shape index (κ1) is 37.3. The second kappa shape index (κ2) is 15.6. The molecule has 8 nitrogen and oxygen atoms in total. The van der Waals surface area contributed by atoms with Crippen molar-refractivity contribution >= 4 is 21.8 Å². The number of nitrogens with zero attached hydrogens (tertiary/aromatic N) is 3. The molecule has 1 aromatic carbocycles. The van der Waals surface area contributed by atoms with Crippen LogP contribution >= 0.6 is 0 Å². The second-order valence-electron chi connectivity index (χ2n) is 13.3. The zero-order valence-corrected chi connectivity index (χ0v) is 28.5. The molecule has 2 atom stereocenters. The number of ether oxygens (including phenoxy) is 1. The Morgan fingerprint density at radius 1 is 1.02 bits per heavy atom. The second-order valence-corrected chi connectivity index (χ2v) is 15.2. The van der Waals surface area contributed by atoms with Crippen LogP contribution in [0.1, 0.15) is 72.4 Å². The molecule has 3 rings (SSSR count). The highest BCUT2D eigenvalue weighted by Gasteiger charge is 2.47. The van der Waals surface area contributed by atoms with Gasteiger partial charge in [0.05, 0.1) is 10.9 Å². The summed E-state index contributed by atoms with van der Waals surface area (Å²) in [7, 11) is -5.51. The van der Waals surface area contributed by atoms with Crippen LogP contribution in [0.5, 0.6) is 0 Å². The fraction of sp³-hybridized carbons (Fsp3) is 0.588. The van der Waals surface area contributed by atoms with Crippen LogP contribution in [0, 0.1) is 11.8 Å². The fourth-order valence-electron chi connectivity index (χ4n) is 5.86. The summed E-state index contributed by atoms with van der Waals surface area (Å²) in [6, 6.07) is 9.01. The average molecular weight is 668 g/mol. The lowest BCUT2D eigenvalue weighted by molar-refractivity contribution is -0.139. The van der Waals surface area contributed by atoms with Gasteiger partial charge < -0.3 is 14.5 Å². The Balaban J connectivity index is 1.75. The number of hydrogen-bond acceptors (Lipinski definition) is 6. The monoisotopic (exact) mass is 667 g/mol. The van der Waals surface area contributed by atoms with Crippen molar-refractivity contribution in [3.05, 3.63) is 71.2 Å². The summed E-state index contributed by atoms with van der Waals surface area (Å²) in [4.78, 5) is 31.1. The molecule has 0 bridgehead atoms. The quantitative estimate of drug-likeness (QED) is 0.267. The van der Waals surface area contributed by atoms with Crippen molar-refractivity contribution in [2.24, 2.45) is 11.8 Å². The van der Waals surface area contributed by atoms with Gasteiger partial charge in [0.15, 0.2) is 0 Å². The number of halogens is 3. The van der Waals surface area contributed by atoms with E-state index in [2.05, 4.69) is 18.7 Å². The lowest BCUT2D eigenvalue weighted by atomic mass is 9.91. The molecule has 12 heteroatoms. The predicted molar refractivity (Wildman–Crippen MR) is 173 cm³/mol. The molecule has 0 radical (unpaired) electrons. The fourth-order valence-corrected chi connectivity index (χ4v) is 6.70. The van der Waals surface area contributed by atoms with E-state index in [9.17, 15) is 31.2 Å². The Kier molecular flexibility index (Phi) is 12.7. The van der Waals surface area contributed by atoms with Crippen molar-refractivity contribution in [3.63, 3.8) is 0 Å². The van der Waals surface area contributed by atoms with E-state index in [0.29, 0.717) is 39.1 Å². The third kappa shape index (κ3) is 9.94. The molecule has 2 aliphatic rings. The number of hydrogen-bond donors (Lipinski definition) is 0. The summed E-state index contributed by atoms with van der Waals surface area (Å²) in [6.07, 6.45) is 7.77. The van der Waals surface area contributed by atoms with Gasteiger partial charge in [0.25, 0.3) is 9.84 Å². The van der Waals surface area contributed by atoms with Gasteiger partial charge in [-0.15, -0.1) is 0 Å². The normalized spacial score (nSPS) is 20.6. The molecule has 0 aromatic heterocycles. The Hall–Kier alpha value is -3.12. The average Bonchev–Trinajstić information content (AvgIpc) is 2.97. The van der Waals surface area contributed by atoms with Crippen LogP contribution in [-0.4, -0.2) is 85.0 Å². The van der Waals surface area contributed by atoms with Gasteiger partial charge in [-0.2, -0.15) is 13.2 Å². The molecule has 0 saturated carbocycles. The summed E-state index contributed by atoms with van der Waals surface area (Å²) in [5, 5.41) is 0. The molecule has 0 spiro atoms. The van der Waals surface area contributed by atoms with E-state index in [-0.39, 0.29) is 35.9 Å². The number of allylic oxidation sites excluding steroid dienone is 4. The van der Waals surface area contributed by atoms with Crippen LogP contribution in [0.3, 0.4) is 0 Å². The maximum Gasteiger partial charge on any atom is 0.501 e. The summed E-state index contributed by atoms with van der Waals surface area (Å²) >= 11 is 0. The van der Waals surface area contributed by atoms with E-state index < -0.39 is 25.9 Å². The van der Waals surface area contributed by atoms with E-state index in [1.807, 2.05) is 56.0 Å². The number of piperidine rings is 1. The summed E-state index contributed by atoms with van der Waals surface area (Å²) in [6.45, 7) is 13.7. The Bertz CT molecular complexity index is 1380. The van der Waals surface area contributed by atoms with Crippen LogP contribution in [-0.2, 0) is 19.4 Å². The smallest absolute Gasteiger partial charge is 0.444 e. The molecular weight excluding hydrogens is 619 g/mol. The van der Waals surface area contributed by atoms with E-state index in [4.69, 9.17) is 4.74 Å². The minimum Gasteiger partial charge on any atom is -0.444 e. The van der Waals surface area contributed by atoms with Crippen molar-refractivity contribution in [1.82, 2.24) is 14.7 Å². The van der Waals surface area contributed by atoms with E-state index in [0.717, 1.165) is 30.6 Å². The number of benzene rings is 1. The van der Waals surface area contributed by atoms with Crippen molar-refractivity contribution in [1.29, 1.82) is 0 Å². The Morgan fingerprint density at radius 3 is 2.20 bits per heavy atom. The van der Waals surface area contributed by atoms with Crippen molar-refractivity contribution in [3.8, 4) is 0 Å². The van der Waals surface area contributed by atoms with Crippen molar-refractivity contribution < 1.29 is 35.9 Å². The first-order valence-corrected chi connectivity index (χ1v) is 17.3. The van der Waals surface area contributed by atoms with Crippen molar-refractivity contribution in [2.45, 2.75) is 84.0 Å². The Labute approximate surface area is 271 Å². The number of carbonyl (C=O) groups excluding carboxylic acids is 2. The van der Waals surface area contributed by atoms with Crippen LogP contribution < -0.4 is 0 Å². The zero-order valence-electron chi connectivity index (χ0n) is 27.7. The molecule has 2 heterocycles. The molecule has 46 heavy (non-hydrogen) atoms. The lowest BCUT2D eigenvalue weighted by Crippen LogP contribution is -2.57. The van der Waals surface area contributed by atoms with Gasteiger partial charge in [0.2, 0.25) is 5.91 Å². The van der Waals surface area contributed by atoms with E-state index >= 15 is 0 Å². The third-order valence-corrected chi connectivity index (χ3v) is 9.81. The van der Waals surface area contributed by atoms with E-state index in [1.165, 1.54) is 19.1 Å². The van der Waals surface area contributed by atoms with Crippen molar-refractivity contribution in [2.75, 3.05) is 32.7 Å². The molecule has 0 aliphatic carbocycles. The first-order valence-electron chi connectivity index (χ1n) is 15.8. The number of alkyl halides is 3. The molecular formula is C34H48F3N3O5S. The van der Waals surface area contributed by atoms with Gasteiger partial charge in [-0.3, -0.25) is 9.69 Å². The number of carbonyl (C=O) groups is 2. The minimum atomic E-state index is -5.51. The highest BCUT2D eigenvalue weighted by Crippen LogP contribution is 2.32. The summed E-state index contributed by atoms with van der Waals surface area (Å²) < 4.78 is 69.5. The highest BCUT2D eigenvalue weighted by atomic mass is 32.2. The van der Waals surface area contributed by atoms with Gasteiger partial charge >= 0.3 is 11.6 Å². The van der Waals surface area contributed by atoms with Gasteiger partial charge in [0.1, 0.15) is 5.60 Å². The number of rotatable bonds is 9. The predicted octanol–water partition coefficient (Wildman–Crippen LogP) is 6.88. The van der Waals surface area contributed by atoms with Crippen LogP contribution in [0.15, 0.2) is 65.6 Å². The molecule has 256 valence electrons. The third-order valence-electron chi connectivity index (χ3n) is 8.30. The molecule has 2 amide bonds. The topological polar surface area (TPSA) is 87.2 Å². The van der Waals surface area contributed by atoms with Gasteiger partial charge in [-0.05, 0) is 70.1 Å². The molecule has 2 aliphatic heterocycles. The lowest BCUT2D eigenvalue weighted by Gasteiger charge is -2.46. The molecule has 0 N–H and O–H groups in total. The standard InChI is InChI=1S/C34H48F3N3O5S/c1-7-12-28(46(43,44)34(35,36)37)15-11-16-29(27-13-9-8-10-14-27)39-21-22-40(30(24-39)25(2)3)31(41)23-26-17-19-38(20-18-26)32(42)45-33(4,5)6/h7-16,25-26,29-30H,17-24H2,1-6H3/b12-7-,16-11+,28-15+. The first-order chi connectivity index (χ1) is 21.4. The Morgan fingerprint density at radius 2 is 1.65 bits per heavy atom. The SMILES string of the molecule is C\C=C/C(=C\C=C\C(c1ccccc1)N1CCN(C(=O)CC2CCN(C(=O)OC(C)(C)C)CC2)C(C(C)C)C1)S(=O)(=O)C(F)(F)F. The summed E-state index contributed by atoms with van der Waals surface area (Å²) in [5.41, 5.74) is -5.07. The van der Waals surface area contributed by atoms with Crippen LogP contribution in [0.4, 0.5) is 18.0 Å². The number of sulfone groups is 1. The number of piperazine rings is 1. The number of amides is 2. The molecule has 1 aromatic rings. The highest BCUT2D eigenvalue weighted by molar-refractivity contribution is 7.96. The van der Waals surface area contributed by atoms with Gasteiger partial charge in [0, 0.05) is 45.2 Å². The minimum absolute atomic E-state index is 0.0807. The molecule has 2 fully saturated rings. The zero-order chi connectivity index (χ0) is 34.3. The van der Waals surface area contributed by atoms with Gasteiger partial charge in [-0.1, -0.05) is 62.4 Å². The van der Waals surface area contributed by atoms with Crippen LogP contribution in [0.25, 0.3) is 0 Å². The molecule has 2 saturated heterocycles. The van der Waals surface area contributed by atoms with Gasteiger partial charge in [-0.25, -0.2) is 13.2 Å². The number of likely N-dealkylation sites (tertiary alicyclic amines) is 1. The van der Waals surface area contributed by atoms with E-state index in [1.54, 1.807) is 11.0 Å². The molecule has 2 unspecified atom stereocenters.